The molecular weight excluding hydrogens is 486 g/mol. The molecule has 3 atom stereocenters. The van der Waals surface area contributed by atoms with Gasteiger partial charge in [0, 0.05) is 31.1 Å². The molecule has 5 heterocycles. The molecule has 0 aromatic carbocycles. The smallest absolute Gasteiger partial charge is 0.355 e. The Morgan fingerprint density at radius 3 is 2.74 bits per heavy atom. The molecule has 7 nitrogen and oxygen atoms in total. The molecule has 1 amide bonds. The van der Waals surface area contributed by atoms with Crippen molar-refractivity contribution < 1.29 is 22.8 Å². The topological polar surface area (TPSA) is 69.6 Å². The molecule has 1 radical (unpaired) electrons. The van der Waals surface area contributed by atoms with E-state index in [9.17, 15) is 22.8 Å². The third-order valence-electron chi connectivity index (χ3n) is 6.98. The fourth-order valence-electron chi connectivity index (χ4n) is 5.49. The molecule has 2 aromatic rings. The molecule has 0 spiro atoms. The summed E-state index contributed by atoms with van der Waals surface area (Å²) in [7, 11) is 1.47. The van der Waals surface area contributed by atoms with Gasteiger partial charge in [0.05, 0.1) is 24.0 Å². The highest BCUT2D eigenvalue weighted by Gasteiger charge is 2.42. The van der Waals surface area contributed by atoms with Crippen molar-refractivity contribution in [3.63, 3.8) is 0 Å². The third kappa shape index (κ3) is 5.06. The van der Waals surface area contributed by atoms with Crippen LogP contribution in [0.5, 0.6) is 0 Å². The van der Waals surface area contributed by atoms with Crippen molar-refractivity contribution in [1.82, 2.24) is 19.7 Å². The number of anilines is 1. The number of hydrogen-bond donors (Lipinski definition) is 0. The Hall–Kier alpha value is -1.86. The molecule has 0 bridgehead atoms. The zero-order valence-electron chi connectivity index (χ0n) is 18.5. The quantitative estimate of drug-likeness (QED) is 0.453. The Balaban J connectivity index is 0.00000274. The van der Waals surface area contributed by atoms with Crippen LogP contribution in [0.2, 0.25) is 0 Å². The Morgan fingerprint density at radius 1 is 1.18 bits per heavy atom. The molecule has 0 N–H and O–H groups in total. The van der Waals surface area contributed by atoms with E-state index in [1.807, 2.05) is 9.71 Å². The number of amides is 1. The highest BCUT2D eigenvalue weighted by molar-refractivity contribution is 7.59. The molecule has 0 aliphatic carbocycles. The maximum Gasteiger partial charge on any atom is 0.393 e. The van der Waals surface area contributed by atoms with E-state index in [1.165, 1.54) is 13.7 Å². The molecule has 2 aromatic heterocycles. The second-order valence-electron chi connectivity index (χ2n) is 9.10. The largest absolute Gasteiger partial charge is 0.393 e. The van der Waals surface area contributed by atoms with Gasteiger partial charge in [-0.2, -0.15) is 26.7 Å². The monoisotopic (exact) mass is 512 g/mol. The Kier molecular flexibility index (Phi) is 7.44. The van der Waals surface area contributed by atoms with Gasteiger partial charge in [-0.1, -0.05) is 0 Å². The summed E-state index contributed by atoms with van der Waals surface area (Å²) in [6, 6.07) is 1.31. The molecule has 0 saturated carbocycles. The summed E-state index contributed by atoms with van der Waals surface area (Å²) in [4.78, 5) is 39.4. The molecule has 3 saturated heterocycles. The first-order valence-electron chi connectivity index (χ1n) is 11.2. The highest BCUT2D eigenvalue weighted by Crippen LogP contribution is 2.38. The van der Waals surface area contributed by atoms with E-state index < -0.39 is 12.6 Å². The first-order chi connectivity index (χ1) is 15.8. The number of aromatic nitrogens is 2. The minimum atomic E-state index is -4.26. The van der Waals surface area contributed by atoms with Crippen molar-refractivity contribution in [3.8, 4) is 0 Å². The van der Waals surface area contributed by atoms with Crippen molar-refractivity contribution in [2.45, 2.75) is 37.9 Å². The van der Waals surface area contributed by atoms with Gasteiger partial charge in [-0.15, -0.1) is 11.3 Å². The van der Waals surface area contributed by atoms with Crippen LogP contribution in [0.4, 0.5) is 19.0 Å². The van der Waals surface area contributed by atoms with Crippen LogP contribution in [0.1, 0.15) is 24.1 Å². The van der Waals surface area contributed by atoms with E-state index in [4.69, 9.17) is 0 Å². The van der Waals surface area contributed by atoms with Crippen LogP contribution >= 0.6 is 24.8 Å². The summed E-state index contributed by atoms with van der Waals surface area (Å²) < 4.78 is 38.6. The minimum Gasteiger partial charge on any atom is -0.355 e. The Morgan fingerprint density at radius 2 is 1.97 bits per heavy atom. The fraction of sp³-hybridized carbons (Fsp3) is 0.619. The average Bonchev–Trinajstić information content (AvgIpc) is 3.48. The number of rotatable bonds is 5. The summed E-state index contributed by atoms with van der Waals surface area (Å²) in [5.41, 5.74) is 0. The van der Waals surface area contributed by atoms with Gasteiger partial charge >= 0.3 is 6.18 Å². The summed E-state index contributed by atoms with van der Waals surface area (Å²) in [5, 5.41) is 0.666. The van der Waals surface area contributed by atoms with Gasteiger partial charge < -0.3 is 19.4 Å². The van der Waals surface area contributed by atoms with Gasteiger partial charge in [0.25, 0.3) is 7.41 Å². The maximum absolute atomic E-state index is 13.1. The summed E-state index contributed by atoms with van der Waals surface area (Å²) in [6.07, 6.45) is -0.525. The SMILES string of the molecule is O=C[B]N1CCC[C@H]1C(=O)N1CC[C@@H]2CN(c3ncnc4sc(CC(F)(F)F)cc34)C[C@@H]2C1.S. The molecule has 34 heavy (non-hydrogen) atoms. The van der Waals surface area contributed by atoms with Crippen molar-refractivity contribution in [3.05, 3.63) is 17.3 Å². The predicted octanol–water partition coefficient (Wildman–Crippen LogP) is 2.47. The molecular formula is C21H26BF3N5O2S2. The first kappa shape index (κ1) is 25.2. The molecule has 3 fully saturated rings. The molecule has 13 heteroatoms. The van der Waals surface area contributed by atoms with Crippen molar-refractivity contribution in [1.29, 1.82) is 0 Å². The number of likely N-dealkylation sites (tertiary alicyclic amines) is 1. The van der Waals surface area contributed by atoms with Gasteiger partial charge in [0.15, 0.2) is 0 Å². The zero-order valence-corrected chi connectivity index (χ0v) is 20.3. The Labute approximate surface area is 207 Å². The van der Waals surface area contributed by atoms with E-state index in [0.717, 1.165) is 49.9 Å². The van der Waals surface area contributed by atoms with Crippen LogP contribution in [0.15, 0.2) is 12.4 Å². The lowest BCUT2D eigenvalue weighted by atomic mass is 9.88. The third-order valence-corrected chi connectivity index (χ3v) is 8.02. The van der Waals surface area contributed by atoms with Crippen molar-refractivity contribution in [2.75, 3.05) is 37.6 Å². The standard InChI is InChI=1S/C21H24BF3N5O2S.H2S/c23-21(24,25)7-15-6-16-18(26-12-27-19(16)33-15)29-8-13-3-5-28(9-14(13)10-29)20(32)17-2-1-4-30(17)22-11-31;/h6,11-14,17H,1-5,7-10H2;1H2/t13-,14+,17+;/m1./s1. The Bertz CT molecular complexity index is 1060. The van der Waals surface area contributed by atoms with E-state index in [0.29, 0.717) is 41.6 Å². The molecule has 3 aliphatic heterocycles. The summed E-state index contributed by atoms with van der Waals surface area (Å²) in [5.74, 6) is 1.46. The number of nitrogens with zero attached hydrogens (tertiary/aromatic N) is 5. The first-order valence-corrected chi connectivity index (χ1v) is 12.0. The number of thiophene rings is 1. The van der Waals surface area contributed by atoms with Gasteiger partial charge in [0.1, 0.15) is 17.0 Å². The molecule has 183 valence electrons. The van der Waals surface area contributed by atoms with E-state index in [-0.39, 0.29) is 36.2 Å². The van der Waals surface area contributed by atoms with Gasteiger partial charge in [0.2, 0.25) is 5.91 Å². The number of carbonyl (C=O) groups excluding carboxylic acids is 2. The van der Waals surface area contributed by atoms with Crippen LogP contribution in [0, 0.1) is 11.8 Å². The lowest BCUT2D eigenvalue weighted by Gasteiger charge is -2.37. The van der Waals surface area contributed by atoms with Crippen LogP contribution in [0.3, 0.4) is 0 Å². The second-order valence-corrected chi connectivity index (χ2v) is 10.2. The number of alkyl halides is 3. The molecule has 0 unspecified atom stereocenters. The average molecular weight is 512 g/mol. The van der Waals surface area contributed by atoms with Gasteiger partial charge in [-0.25, -0.2) is 9.97 Å². The van der Waals surface area contributed by atoms with Crippen LogP contribution in [-0.2, 0) is 16.0 Å². The zero-order chi connectivity index (χ0) is 23.2. The van der Waals surface area contributed by atoms with E-state index >= 15 is 0 Å². The molecule has 3 aliphatic rings. The summed E-state index contributed by atoms with van der Waals surface area (Å²) >= 11 is 1.06. The normalized spacial score (nSPS) is 25.3. The number of piperidine rings is 1. The second kappa shape index (κ2) is 10.0. The van der Waals surface area contributed by atoms with Crippen molar-refractivity contribution >= 4 is 60.4 Å². The van der Waals surface area contributed by atoms with Crippen LogP contribution < -0.4 is 4.90 Å². The number of carbonyl (C=O) groups is 2. The molecule has 5 rings (SSSR count). The van der Waals surface area contributed by atoms with E-state index in [1.54, 1.807) is 6.07 Å². The fourth-order valence-corrected chi connectivity index (χ4v) is 6.51. The van der Waals surface area contributed by atoms with Gasteiger partial charge in [-0.3, -0.25) is 4.79 Å². The maximum atomic E-state index is 13.1. The lowest BCUT2D eigenvalue weighted by Crippen LogP contribution is -2.51. The van der Waals surface area contributed by atoms with Gasteiger partial charge in [-0.05, 0) is 43.7 Å². The number of hydrogen-bond acceptors (Lipinski definition) is 7. The highest BCUT2D eigenvalue weighted by atomic mass is 32.1. The lowest BCUT2D eigenvalue weighted by molar-refractivity contribution is -0.136. The van der Waals surface area contributed by atoms with Crippen LogP contribution in [-0.4, -0.2) is 84.1 Å². The summed E-state index contributed by atoms with van der Waals surface area (Å²) in [6.45, 7) is 3.55. The minimum absolute atomic E-state index is 0. The van der Waals surface area contributed by atoms with Crippen molar-refractivity contribution in [2.24, 2.45) is 11.8 Å². The van der Waals surface area contributed by atoms with Crippen LogP contribution in [0.25, 0.3) is 10.2 Å². The number of fused-ring (bicyclic) bond motifs is 2. The predicted molar refractivity (Wildman–Crippen MR) is 130 cm³/mol. The van der Waals surface area contributed by atoms with E-state index in [2.05, 4.69) is 14.9 Å². The number of halogens is 3.